The summed E-state index contributed by atoms with van der Waals surface area (Å²) >= 11 is 0. The number of halogens is 3. The quantitative estimate of drug-likeness (QED) is 0.775. The number of anilines is 1. The van der Waals surface area contributed by atoms with Crippen molar-refractivity contribution >= 4 is 11.6 Å². The first kappa shape index (κ1) is 20.4. The molecular weight excluding hydrogens is 363 g/mol. The molecule has 0 saturated carbocycles. The number of hydrogen-bond donors (Lipinski definition) is 1. The summed E-state index contributed by atoms with van der Waals surface area (Å²) in [6.07, 6.45) is -3.94. The molecule has 0 unspecified atom stereocenters. The zero-order valence-electron chi connectivity index (χ0n) is 15.1. The zero-order chi connectivity index (χ0) is 20.0. The van der Waals surface area contributed by atoms with Crippen LogP contribution in [0, 0.1) is 0 Å². The first-order valence-corrected chi connectivity index (χ1v) is 8.05. The predicted octanol–water partition coefficient (Wildman–Crippen LogP) is 4.30. The van der Waals surface area contributed by atoms with Crippen LogP contribution >= 0.6 is 0 Å². The van der Waals surface area contributed by atoms with Crippen LogP contribution in [0.5, 0.6) is 17.2 Å². The van der Waals surface area contributed by atoms with Crippen molar-refractivity contribution in [2.75, 3.05) is 26.6 Å². The molecule has 0 aliphatic heterocycles. The predicted molar refractivity (Wildman–Crippen MR) is 94.5 cm³/mol. The highest BCUT2D eigenvalue weighted by atomic mass is 19.4. The van der Waals surface area contributed by atoms with E-state index in [2.05, 4.69) is 5.32 Å². The number of aryl methyl sites for hydroxylation is 1. The maximum absolute atomic E-state index is 12.6. The van der Waals surface area contributed by atoms with Crippen LogP contribution in [0.15, 0.2) is 36.4 Å². The van der Waals surface area contributed by atoms with Gasteiger partial charge in [-0.15, -0.1) is 0 Å². The van der Waals surface area contributed by atoms with Gasteiger partial charge in [-0.25, -0.2) is 0 Å². The number of rotatable bonds is 7. The molecule has 1 N–H and O–H groups in total. The van der Waals surface area contributed by atoms with Gasteiger partial charge in [0.1, 0.15) is 0 Å². The van der Waals surface area contributed by atoms with Crippen molar-refractivity contribution in [2.24, 2.45) is 0 Å². The Hall–Kier alpha value is -2.90. The van der Waals surface area contributed by atoms with Gasteiger partial charge in [-0.2, -0.15) is 13.2 Å². The van der Waals surface area contributed by atoms with Gasteiger partial charge in [-0.1, -0.05) is 6.07 Å². The number of nitrogens with one attached hydrogen (secondary N) is 1. The number of alkyl halides is 3. The molecule has 146 valence electrons. The smallest absolute Gasteiger partial charge is 0.416 e. The van der Waals surface area contributed by atoms with E-state index in [4.69, 9.17) is 14.2 Å². The summed E-state index contributed by atoms with van der Waals surface area (Å²) in [4.78, 5) is 12.1. The van der Waals surface area contributed by atoms with E-state index in [1.807, 2.05) is 0 Å². The molecule has 27 heavy (non-hydrogen) atoms. The lowest BCUT2D eigenvalue weighted by Crippen LogP contribution is -2.13. The molecule has 0 aromatic heterocycles. The van der Waals surface area contributed by atoms with Crippen molar-refractivity contribution in [3.05, 3.63) is 47.5 Å². The normalized spacial score (nSPS) is 11.0. The van der Waals surface area contributed by atoms with Crippen molar-refractivity contribution in [3.63, 3.8) is 0 Å². The van der Waals surface area contributed by atoms with Crippen LogP contribution in [0.3, 0.4) is 0 Å². The van der Waals surface area contributed by atoms with E-state index in [0.29, 0.717) is 29.4 Å². The van der Waals surface area contributed by atoms with Crippen molar-refractivity contribution in [1.82, 2.24) is 0 Å². The summed E-state index contributed by atoms with van der Waals surface area (Å²) in [6.45, 7) is 0. The molecule has 2 aromatic carbocycles. The molecule has 0 aliphatic carbocycles. The second-order valence-corrected chi connectivity index (χ2v) is 5.62. The van der Waals surface area contributed by atoms with E-state index in [0.717, 1.165) is 17.7 Å². The SMILES string of the molecule is COc1ccc(CCC(=O)Nc2ccc(C(F)(F)F)cc2)c(OC)c1OC. The van der Waals surface area contributed by atoms with Crippen molar-refractivity contribution in [2.45, 2.75) is 19.0 Å². The van der Waals surface area contributed by atoms with Gasteiger partial charge >= 0.3 is 6.18 Å². The molecule has 0 fully saturated rings. The highest BCUT2D eigenvalue weighted by Gasteiger charge is 2.30. The fraction of sp³-hybridized carbons (Fsp3) is 0.316. The molecule has 2 aromatic rings. The van der Waals surface area contributed by atoms with Crippen LogP contribution in [0.1, 0.15) is 17.5 Å². The standard InChI is InChI=1S/C19H20F3NO4/c1-25-15-10-4-12(17(26-2)18(15)27-3)5-11-16(24)23-14-8-6-13(7-9-14)19(20,21)22/h4,6-10H,5,11H2,1-3H3,(H,23,24). The summed E-state index contributed by atoms with van der Waals surface area (Å²) in [5.74, 6) is 1.08. The lowest BCUT2D eigenvalue weighted by atomic mass is 10.1. The van der Waals surface area contributed by atoms with E-state index in [9.17, 15) is 18.0 Å². The van der Waals surface area contributed by atoms with Crippen LogP contribution in [0.2, 0.25) is 0 Å². The Morgan fingerprint density at radius 2 is 1.56 bits per heavy atom. The second-order valence-electron chi connectivity index (χ2n) is 5.62. The summed E-state index contributed by atoms with van der Waals surface area (Å²) < 4.78 is 53.5. The largest absolute Gasteiger partial charge is 0.493 e. The average Bonchev–Trinajstić information content (AvgIpc) is 2.65. The van der Waals surface area contributed by atoms with Gasteiger partial charge < -0.3 is 19.5 Å². The molecule has 0 atom stereocenters. The summed E-state index contributed by atoms with van der Waals surface area (Å²) in [6, 6.07) is 7.77. The van der Waals surface area contributed by atoms with Gasteiger partial charge in [-0.05, 0) is 42.3 Å². The van der Waals surface area contributed by atoms with Crippen LogP contribution in [0.25, 0.3) is 0 Å². The van der Waals surface area contributed by atoms with Crippen LogP contribution in [-0.4, -0.2) is 27.2 Å². The van der Waals surface area contributed by atoms with E-state index < -0.39 is 11.7 Å². The van der Waals surface area contributed by atoms with E-state index in [1.165, 1.54) is 33.5 Å². The summed E-state index contributed by atoms with van der Waals surface area (Å²) in [7, 11) is 4.49. The number of ether oxygens (including phenoxy) is 3. The monoisotopic (exact) mass is 383 g/mol. The number of carbonyl (C=O) groups is 1. The fourth-order valence-corrected chi connectivity index (χ4v) is 2.57. The van der Waals surface area contributed by atoms with Crippen LogP contribution in [-0.2, 0) is 17.4 Å². The molecule has 8 heteroatoms. The number of carbonyl (C=O) groups excluding carboxylic acids is 1. The van der Waals surface area contributed by atoms with E-state index in [1.54, 1.807) is 12.1 Å². The highest BCUT2D eigenvalue weighted by Crippen LogP contribution is 2.40. The maximum Gasteiger partial charge on any atom is 0.416 e. The Balaban J connectivity index is 2.03. The third kappa shape index (κ3) is 5.06. The Kier molecular flexibility index (Phi) is 6.55. The van der Waals surface area contributed by atoms with Crippen molar-refractivity contribution in [1.29, 1.82) is 0 Å². The van der Waals surface area contributed by atoms with E-state index >= 15 is 0 Å². The first-order chi connectivity index (χ1) is 12.8. The topological polar surface area (TPSA) is 56.8 Å². The van der Waals surface area contributed by atoms with Crippen LogP contribution in [0.4, 0.5) is 18.9 Å². The lowest BCUT2D eigenvalue weighted by molar-refractivity contribution is -0.137. The summed E-state index contributed by atoms with van der Waals surface area (Å²) in [5, 5.41) is 2.58. The van der Waals surface area contributed by atoms with Gasteiger partial charge in [0.05, 0.1) is 26.9 Å². The Bertz CT molecular complexity index is 789. The highest BCUT2D eigenvalue weighted by molar-refractivity contribution is 5.90. The van der Waals surface area contributed by atoms with Gasteiger partial charge in [0.15, 0.2) is 11.5 Å². The molecule has 0 saturated heterocycles. The molecule has 0 heterocycles. The molecule has 5 nitrogen and oxygen atoms in total. The minimum atomic E-state index is -4.41. The molecule has 1 amide bonds. The maximum atomic E-state index is 12.6. The second kappa shape index (κ2) is 8.66. The van der Waals surface area contributed by atoms with Crippen molar-refractivity contribution in [3.8, 4) is 17.2 Å². The number of methoxy groups -OCH3 is 3. The molecule has 0 bridgehead atoms. The minimum Gasteiger partial charge on any atom is -0.493 e. The van der Waals surface area contributed by atoms with Gasteiger partial charge in [0.25, 0.3) is 0 Å². The van der Waals surface area contributed by atoms with Crippen molar-refractivity contribution < 1.29 is 32.2 Å². The molecule has 0 spiro atoms. The number of amides is 1. The van der Waals surface area contributed by atoms with Gasteiger partial charge in [-0.3, -0.25) is 4.79 Å². The number of hydrogen-bond acceptors (Lipinski definition) is 4. The first-order valence-electron chi connectivity index (χ1n) is 8.05. The molecular formula is C19H20F3NO4. The van der Waals surface area contributed by atoms with Gasteiger partial charge in [0.2, 0.25) is 11.7 Å². The minimum absolute atomic E-state index is 0.118. The third-order valence-electron chi connectivity index (χ3n) is 3.90. The average molecular weight is 383 g/mol. The molecule has 0 radical (unpaired) electrons. The Labute approximate surface area is 155 Å². The zero-order valence-corrected chi connectivity index (χ0v) is 15.1. The van der Waals surface area contributed by atoms with Gasteiger partial charge in [0, 0.05) is 12.1 Å². The summed E-state index contributed by atoms with van der Waals surface area (Å²) in [5.41, 5.74) is 0.278. The Morgan fingerprint density at radius 1 is 0.926 bits per heavy atom. The molecule has 0 aliphatic rings. The number of benzene rings is 2. The fourth-order valence-electron chi connectivity index (χ4n) is 2.57. The van der Waals surface area contributed by atoms with Crippen LogP contribution < -0.4 is 19.5 Å². The molecule has 2 rings (SSSR count). The third-order valence-corrected chi connectivity index (χ3v) is 3.90. The van der Waals surface area contributed by atoms with E-state index in [-0.39, 0.29) is 12.3 Å². The lowest BCUT2D eigenvalue weighted by Gasteiger charge is -2.15. The Morgan fingerprint density at radius 3 is 2.07 bits per heavy atom.